The molecule has 27 heavy (non-hydrogen) atoms. The molecule has 0 unspecified atom stereocenters. The predicted octanol–water partition coefficient (Wildman–Crippen LogP) is 1.92. The lowest BCUT2D eigenvalue weighted by Crippen LogP contribution is -2.40. The molecule has 2 saturated carbocycles. The maximum atomic E-state index is 12.8. The van der Waals surface area contributed by atoms with Crippen molar-refractivity contribution in [1.29, 1.82) is 0 Å². The second kappa shape index (κ2) is 6.12. The Labute approximate surface area is 160 Å². The molecule has 1 aromatic heterocycles. The molecule has 1 aromatic rings. The number of amides is 2. The third-order valence-electron chi connectivity index (χ3n) is 6.45. The minimum absolute atomic E-state index is 0.0332. The van der Waals surface area contributed by atoms with Crippen molar-refractivity contribution in [2.45, 2.75) is 12.8 Å². The van der Waals surface area contributed by atoms with E-state index in [1.807, 2.05) is 0 Å². The van der Waals surface area contributed by atoms with E-state index < -0.39 is 5.97 Å². The van der Waals surface area contributed by atoms with Gasteiger partial charge in [0, 0.05) is 6.54 Å². The van der Waals surface area contributed by atoms with E-state index in [1.165, 1.54) is 16.2 Å². The summed E-state index contributed by atoms with van der Waals surface area (Å²) in [5.41, 5.74) is 0. The first-order valence-corrected chi connectivity index (χ1v) is 10.2. The van der Waals surface area contributed by atoms with Gasteiger partial charge >= 0.3 is 5.97 Å². The molecule has 140 valence electrons. The van der Waals surface area contributed by atoms with Crippen LogP contribution in [-0.4, -0.2) is 41.6 Å². The maximum Gasteiger partial charge on any atom is 0.308 e. The van der Waals surface area contributed by atoms with Gasteiger partial charge in [0.05, 0.1) is 23.1 Å². The Balaban J connectivity index is 1.17. The van der Waals surface area contributed by atoms with Crippen LogP contribution in [0.15, 0.2) is 29.7 Å². The molecule has 0 N–H and O–H groups in total. The number of carbonyl (C=O) groups is 4. The van der Waals surface area contributed by atoms with Gasteiger partial charge in [-0.25, -0.2) is 0 Å². The smallest absolute Gasteiger partial charge is 0.308 e. The molecule has 0 aromatic carbocycles. The summed E-state index contributed by atoms with van der Waals surface area (Å²) in [5.74, 6) is -0.102. The Morgan fingerprint density at radius 1 is 1.11 bits per heavy atom. The van der Waals surface area contributed by atoms with Crippen molar-refractivity contribution < 1.29 is 23.9 Å². The number of ether oxygens (including phenoxy) is 1. The van der Waals surface area contributed by atoms with Gasteiger partial charge < -0.3 is 4.74 Å². The molecule has 2 heterocycles. The van der Waals surface area contributed by atoms with Gasteiger partial charge in [0.2, 0.25) is 17.6 Å². The average molecular weight is 385 g/mol. The van der Waals surface area contributed by atoms with Gasteiger partial charge in [0.15, 0.2) is 6.61 Å². The molecule has 2 amide bonds. The second-order valence-electron chi connectivity index (χ2n) is 7.79. The molecule has 5 aliphatic rings. The van der Waals surface area contributed by atoms with Gasteiger partial charge in [-0.2, -0.15) is 0 Å². The lowest BCUT2D eigenvalue weighted by atomic mass is 9.63. The number of ketones is 1. The number of imide groups is 1. The number of likely N-dealkylation sites (tertiary alicyclic amines) is 1. The first-order chi connectivity index (χ1) is 13.1. The van der Waals surface area contributed by atoms with Crippen molar-refractivity contribution in [3.05, 3.63) is 34.5 Å². The van der Waals surface area contributed by atoms with Crippen LogP contribution in [0.2, 0.25) is 0 Å². The highest BCUT2D eigenvalue weighted by atomic mass is 32.1. The van der Waals surface area contributed by atoms with Crippen LogP contribution in [0, 0.1) is 35.5 Å². The fraction of sp³-hybridized carbons (Fsp3) is 0.500. The van der Waals surface area contributed by atoms with E-state index in [-0.39, 0.29) is 60.8 Å². The van der Waals surface area contributed by atoms with Crippen LogP contribution in [0.25, 0.3) is 0 Å². The molecular weight excluding hydrogens is 366 g/mol. The Morgan fingerprint density at radius 3 is 2.37 bits per heavy atom. The van der Waals surface area contributed by atoms with Crippen LogP contribution in [0.5, 0.6) is 0 Å². The lowest BCUT2D eigenvalue weighted by molar-refractivity contribution is -0.145. The second-order valence-corrected chi connectivity index (χ2v) is 8.74. The SMILES string of the molecule is O=C(CCN1C(=O)[C@@H]2[C@H]3C=C[C@@H]([C@@H]4C[C@@H]34)[C@H]2C1=O)OCC(=O)c1cccs1. The minimum Gasteiger partial charge on any atom is -0.457 e. The molecule has 2 bridgehead atoms. The summed E-state index contributed by atoms with van der Waals surface area (Å²) < 4.78 is 5.01. The summed E-state index contributed by atoms with van der Waals surface area (Å²) in [4.78, 5) is 51.2. The fourth-order valence-corrected chi connectivity index (χ4v) is 5.82. The summed E-state index contributed by atoms with van der Waals surface area (Å²) >= 11 is 1.29. The molecule has 6 nitrogen and oxygen atoms in total. The van der Waals surface area contributed by atoms with Gasteiger partial charge in [-0.05, 0) is 41.5 Å². The molecule has 1 saturated heterocycles. The Kier molecular flexibility index (Phi) is 3.82. The minimum atomic E-state index is -0.570. The maximum absolute atomic E-state index is 12.8. The van der Waals surface area contributed by atoms with Crippen molar-refractivity contribution in [3.8, 4) is 0 Å². The Bertz CT molecular complexity index is 824. The number of allylic oxidation sites excluding steroid dienone is 2. The molecular formula is C20H19NO5S. The number of rotatable bonds is 6. The molecule has 6 rings (SSSR count). The fourth-order valence-electron chi connectivity index (χ4n) is 5.17. The molecule has 1 aliphatic heterocycles. The first kappa shape index (κ1) is 16.9. The highest BCUT2D eigenvalue weighted by Gasteiger charge is 2.66. The third-order valence-corrected chi connectivity index (χ3v) is 7.36. The largest absolute Gasteiger partial charge is 0.457 e. The van der Waals surface area contributed by atoms with E-state index in [0.717, 1.165) is 6.42 Å². The predicted molar refractivity (Wildman–Crippen MR) is 95.6 cm³/mol. The summed E-state index contributed by atoms with van der Waals surface area (Å²) in [7, 11) is 0. The molecule has 0 radical (unpaired) electrons. The van der Waals surface area contributed by atoms with Crippen molar-refractivity contribution in [2.75, 3.05) is 13.2 Å². The number of nitrogens with zero attached hydrogens (tertiary/aromatic N) is 1. The number of Topliss-reactive ketones (excluding diaryl/α,β-unsaturated/α-hetero) is 1. The van der Waals surface area contributed by atoms with Crippen LogP contribution in [0.3, 0.4) is 0 Å². The summed E-state index contributed by atoms with van der Waals surface area (Å²) in [6.45, 7) is -0.282. The summed E-state index contributed by atoms with van der Waals surface area (Å²) in [6.07, 6.45) is 5.29. The number of esters is 1. The monoisotopic (exact) mass is 385 g/mol. The number of hydrogen-bond donors (Lipinski definition) is 0. The van der Waals surface area contributed by atoms with Crippen molar-refractivity contribution >= 4 is 34.9 Å². The van der Waals surface area contributed by atoms with Crippen molar-refractivity contribution in [2.24, 2.45) is 35.5 Å². The van der Waals surface area contributed by atoms with Gasteiger partial charge in [-0.1, -0.05) is 18.2 Å². The highest BCUT2D eigenvalue weighted by Crippen LogP contribution is 2.65. The van der Waals surface area contributed by atoms with Crippen LogP contribution < -0.4 is 0 Å². The van der Waals surface area contributed by atoms with Crippen LogP contribution >= 0.6 is 11.3 Å². The molecule has 4 aliphatic carbocycles. The third kappa shape index (κ3) is 2.59. The normalized spacial score (nSPS) is 35.2. The van der Waals surface area contributed by atoms with Crippen molar-refractivity contribution in [3.63, 3.8) is 0 Å². The van der Waals surface area contributed by atoms with E-state index in [1.54, 1.807) is 17.5 Å². The standard InChI is InChI=1S/C20H19NO5S/c22-14(15-2-1-7-27-15)9-26-16(23)5-6-21-19(24)17-10-3-4-11(13-8-12(10)13)18(17)20(21)25/h1-4,7,10-13,17-18H,5-6,8-9H2/t10-,11-,12-,13-,17+,18+/m0/s1. The molecule has 7 heteroatoms. The topological polar surface area (TPSA) is 80.8 Å². The summed E-state index contributed by atoms with van der Waals surface area (Å²) in [5, 5.41) is 1.78. The van der Waals surface area contributed by atoms with Crippen LogP contribution in [0.1, 0.15) is 22.5 Å². The van der Waals surface area contributed by atoms with Gasteiger partial charge in [0.25, 0.3) is 0 Å². The van der Waals surface area contributed by atoms with Gasteiger partial charge in [0.1, 0.15) is 0 Å². The van der Waals surface area contributed by atoms with Crippen molar-refractivity contribution in [1.82, 2.24) is 4.90 Å². The van der Waals surface area contributed by atoms with E-state index in [2.05, 4.69) is 12.2 Å². The van der Waals surface area contributed by atoms with Gasteiger partial charge in [-0.3, -0.25) is 24.1 Å². The van der Waals surface area contributed by atoms with E-state index in [4.69, 9.17) is 4.74 Å². The van der Waals surface area contributed by atoms with E-state index in [0.29, 0.717) is 16.7 Å². The molecule has 3 fully saturated rings. The van der Waals surface area contributed by atoms with Crippen LogP contribution in [0.4, 0.5) is 0 Å². The molecule has 6 atom stereocenters. The summed E-state index contributed by atoms with van der Waals surface area (Å²) in [6, 6.07) is 3.44. The molecule has 0 spiro atoms. The van der Waals surface area contributed by atoms with Crippen LogP contribution in [-0.2, 0) is 19.1 Å². The zero-order valence-corrected chi connectivity index (χ0v) is 15.4. The zero-order chi connectivity index (χ0) is 18.7. The van der Waals surface area contributed by atoms with E-state index in [9.17, 15) is 19.2 Å². The number of hydrogen-bond acceptors (Lipinski definition) is 6. The average Bonchev–Trinajstić information content (AvgIpc) is 3.25. The number of carbonyl (C=O) groups excluding carboxylic acids is 4. The Hall–Kier alpha value is -2.28. The van der Waals surface area contributed by atoms with Gasteiger partial charge in [-0.15, -0.1) is 11.3 Å². The first-order valence-electron chi connectivity index (χ1n) is 9.32. The number of thiophene rings is 1. The quantitative estimate of drug-likeness (QED) is 0.323. The van der Waals surface area contributed by atoms with E-state index >= 15 is 0 Å². The Morgan fingerprint density at radius 2 is 1.78 bits per heavy atom. The zero-order valence-electron chi connectivity index (χ0n) is 14.6. The highest BCUT2D eigenvalue weighted by molar-refractivity contribution is 7.12. The lowest BCUT2D eigenvalue weighted by Gasteiger charge is -2.37.